The molecule has 0 aliphatic heterocycles. The molecule has 7 heteroatoms. The van der Waals surface area contributed by atoms with Crippen LogP contribution in [0.2, 0.25) is 0 Å². The predicted molar refractivity (Wildman–Crippen MR) is 92.4 cm³/mol. The third-order valence-corrected chi connectivity index (χ3v) is 3.07. The molecule has 2 rings (SSSR count). The van der Waals surface area contributed by atoms with E-state index in [0.29, 0.717) is 13.0 Å². The van der Waals surface area contributed by atoms with E-state index in [2.05, 4.69) is 10.3 Å². The van der Waals surface area contributed by atoms with Crippen LogP contribution in [-0.2, 0) is 17.8 Å². The van der Waals surface area contributed by atoms with Crippen molar-refractivity contribution in [2.75, 3.05) is 0 Å². The summed E-state index contributed by atoms with van der Waals surface area (Å²) in [6, 6.07) is 9.27. The van der Waals surface area contributed by atoms with Crippen LogP contribution in [0.5, 0.6) is 0 Å². The molecule has 1 heterocycles. The van der Waals surface area contributed by atoms with Crippen LogP contribution in [0.15, 0.2) is 49.1 Å². The van der Waals surface area contributed by atoms with Crippen molar-refractivity contribution >= 4 is 30.7 Å². The second-order valence-electron chi connectivity index (χ2n) is 4.97. The van der Waals surface area contributed by atoms with Crippen molar-refractivity contribution in [3.05, 3.63) is 54.6 Å². The van der Waals surface area contributed by atoms with E-state index in [1.165, 1.54) is 0 Å². The molecule has 0 radical (unpaired) electrons. The Kier molecular flexibility index (Phi) is 9.49. The lowest BCUT2D eigenvalue weighted by Crippen LogP contribution is -2.46. The van der Waals surface area contributed by atoms with Gasteiger partial charge >= 0.3 is 0 Å². The number of hydrogen-bond acceptors (Lipinski definition) is 3. The summed E-state index contributed by atoms with van der Waals surface area (Å²) < 4.78 is 1.92. The number of imidazole rings is 1. The number of aromatic nitrogens is 2. The second kappa shape index (κ2) is 10.2. The zero-order valence-electron chi connectivity index (χ0n) is 12.4. The van der Waals surface area contributed by atoms with Crippen LogP contribution in [0.3, 0.4) is 0 Å². The van der Waals surface area contributed by atoms with E-state index in [1.807, 2.05) is 48.0 Å². The molecule has 1 aromatic heterocycles. The Bertz CT molecular complexity index is 534. The van der Waals surface area contributed by atoms with Gasteiger partial charge in [0, 0.05) is 25.0 Å². The van der Waals surface area contributed by atoms with Gasteiger partial charge in [-0.2, -0.15) is 0 Å². The predicted octanol–water partition coefficient (Wildman–Crippen LogP) is 1.80. The van der Waals surface area contributed by atoms with Crippen molar-refractivity contribution < 1.29 is 4.79 Å². The number of hydrogen-bond donors (Lipinski definition) is 2. The number of rotatable bonds is 6. The molecule has 3 N–H and O–H groups in total. The number of carbonyl (C=O) groups excluding carboxylic acids is 1. The Morgan fingerprint density at radius 3 is 2.59 bits per heavy atom. The molecule has 0 saturated carbocycles. The Morgan fingerprint density at radius 2 is 2.00 bits per heavy atom. The Morgan fingerprint density at radius 1 is 1.32 bits per heavy atom. The molecule has 122 valence electrons. The lowest BCUT2D eigenvalue weighted by Gasteiger charge is -2.18. The lowest BCUT2D eigenvalue weighted by atomic mass is 10.1. The maximum atomic E-state index is 12.0. The monoisotopic (exact) mass is 344 g/mol. The number of nitrogens with zero attached hydrogens (tertiary/aromatic N) is 2. The quantitative estimate of drug-likeness (QED) is 0.839. The zero-order chi connectivity index (χ0) is 14.4. The van der Waals surface area contributed by atoms with Gasteiger partial charge < -0.3 is 15.6 Å². The largest absolute Gasteiger partial charge is 0.350 e. The van der Waals surface area contributed by atoms with E-state index in [9.17, 15) is 4.79 Å². The van der Waals surface area contributed by atoms with E-state index in [1.54, 1.807) is 12.5 Å². The fourth-order valence-corrected chi connectivity index (χ4v) is 2.07. The van der Waals surface area contributed by atoms with Gasteiger partial charge in [-0.1, -0.05) is 30.3 Å². The van der Waals surface area contributed by atoms with Crippen LogP contribution in [0, 0.1) is 0 Å². The minimum Gasteiger partial charge on any atom is -0.350 e. The minimum atomic E-state index is -0.525. The molecule has 0 fully saturated rings. The van der Waals surface area contributed by atoms with Gasteiger partial charge in [-0.15, -0.1) is 24.8 Å². The smallest absolute Gasteiger partial charge is 0.237 e. The normalized spacial score (nSPS) is 12.5. The molecule has 2 atom stereocenters. The van der Waals surface area contributed by atoms with Gasteiger partial charge in [0.25, 0.3) is 0 Å². The number of benzene rings is 1. The maximum absolute atomic E-state index is 12.0. The number of amides is 1. The van der Waals surface area contributed by atoms with E-state index in [4.69, 9.17) is 5.73 Å². The Balaban J connectivity index is 0.00000220. The summed E-state index contributed by atoms with van der Waals surface area (Å²) in [5.41, 5.74) is 7.01. The topological polar surface area (TPSA) is 72.9 Å². The molecule has 0 aliphatic rings. The van der Waals surface area contributed by atoms with Crippen molar-refractivity contribution in [1.82, 2.24) is 14.9 Å². The molecule has 5 nitrogen and oxygen atoms in total. The first kappa shape index (κ1) is 20.4. The number of halogens is 2. The molecule has 1 aromatic carbocycles. The van der Waals surface area contributed by atoms with Crippen LogP contribution in [0.25, 0.3) is 0 Å². The molecular weight excluding hydrogens is 323 g/mol. The minimum absolute atomic E-state index is 0. The van der Waals surface area contributed by atoms with Gasteiger partial charge in [-0.3, -0.25) is 4.79 Å². The average molecular weight is 345 g/mol. The van der Waals surface area contributed by atoms with Crippen molar-refractivity contribution in [3.63, 3.8) is 0 Å². The number of carbonyl (C=O) groups is 1. The number of nitrogens with two attached hydrogens (primary N) is 1. The molecule has 2 aromatic rings. The zero-order valence-corrected chi connectivity index (χ0v) is 14.0. The molecule has 0 aliphatic carbocycles. The van der Waals surface area contributed by atoms with Crippen LogP contribution >= 0.6 is 24.8 Å². The van der Waals surface area contributed by atoms with E-state index in [0.717, 1.165) is 5.56 Å². The van der Waals surface area contributed by atoms with Crippen LogP contribution in [-0.4, -0.2) is 27.5 Å². The SMILES string of the molecule is CC(Cn1ccnc1)NC(=O)[C@@H](N)Cc1ccccc1.Cl.Cl. The highest BCUT2D eigenvalue weighted by Gasteiger charge is 2.16. The summed E-state index contributed by atoms with van der Waals surface area (Å²) >= 11 is 0. The molecule has 0 spiro atoms. The first-order valence-corrected chi connectivity index (χ1v) is 6.71. The highest BCUT2D eigenvalue weighted by atomic mass is 35.5. The number of nitrogens with one attached hydrogen (secondary N) is 1. The van der Waals surface area contributed by atoms with Gasteiger partial charge in [-0.05, 0) is 18.9 Å². The highest BCUT2D eigenvalue weighted by molar-refractivity contribution is 5.85. The van der Waals surface area contributed by atoms with Crippen LogP contribution in [0.4, 0.5) is 0 Å². The summed E-state index contributed by atoms with van der Waals surface area (Å²) in [6.45, 7) is 2.64. The van der Waals surface area contributed by atoms with Gasteiger partial charge in [0.2, 0.25) is 5.91 Å². The van der Waals surface area contributed by atoms with Gasteiger partial charge in [0.1, 0.15) is 0 Å². The standard InChI is InChI=1S/C15H20N4O.2ClH/c1-12(10-19-8-7-17-11-19)18-15(20)14(16)9-13-5-3-2-4-6-13;;/h2-8,11-12,14H,9-10,16H2,1H3,(H,18,20);2*1H/t12?,14-;;/m0../s1. The highest BCUT2D eigenvalue weighted by Crippen LogP contribution is 2.02. The fourth-order valence-electron chi connectivity index (χ4n) is 2.07. The molecule has 22 heavy (non-hydrogen) atoms. The van der Waals surface area contributed by atoms with Crippen molar-refractivity contribution in [1.29, 1.82) is 0 Å². The molecule has 0 saturated heterocycles. The molecule has 0 bridgehead atoms. The maximum Gasteiger partial charge on any atom is 0.237 e. The summed E-state index contributed by atoms with van der Waals surface area (Å²) in [5.74, 6) is -0.124. The third kappa shape index (κ3) is 6.47. The van der Waals surface area contributed by atoms with Crippen LogP contribution in [0.1, 0.15) is 12.5 Å². The van der Waals surface area contributed by atoms with Gasteiger partial charge in [0.15, 0.2) is 0 Å². The Labute approximate surface area is 143 Å². The fraction of sp³-hybridized carbons (Fsp3) is 0.333. The van der Waals surface area contributed by atoms with E-state index >= 15 is 0 Å². The van der Waals surface area contributed by atoms with Gasteiger partial charge in [-0.25, -0.2) is 4.98 Å². The Hall–Kier alpha value is -1.56. The van der Waals surface area contributed by atoms with E-state index in [-0.39, 0.29) is 36.8 Å². The summed E-state index contributed by atoms with van der Waals surface area (Å²) in [4.78, 5) is 16.0. The van der Waals surface area contributed by atoms with Crippen molar-refractivity contribution in [3.8, 4) is 0 Å². The van der Waals surface area contributed by atoms with Crippen LogP contribution < -0.4 is 11.1 Å². The molecule has 1 unspecified atom stereocenters. The lowest BCUT2D eigenvalue weighted by molar-refractivity contribution is -0.123. The average Bonchev–Trinajstić information content (AvgIpc) is 2.92. The first-order valence-electron chi connectivity index (χ1n) is 6.71. The molecule has 1 amide bonds. The van der Waals surface area contributed by atoms with Crippen molar-refractivity contribution in [2.45, 2.75) is 32.0 Å². The van der Waals surface area contributed by atoms with Gasteiger partial charge in [0.05, 0.1) is 12.4 Å². The second-order valence-corrected chi connectivity index (χ2v) is 4.97. The van der Waals surface area contributed by atoms with E-state index < -0.39 is 6.04 Å². The third-order valence-electron chi connectivity index (χ3n) is 3.07. The summed E-state index contributed by atoms with van der Waals surface area (Å²) in [7, 11) is 0. The van der Waals surface area contributed by atoms with Crippen molar-refractivity contribution in [2.24, 2.45) is 5.73 Å². The summed E-state index contributed by atoms with van der Waals surface area (Å²) in [6.07, 6.45) is 5.86. The molecular formula is C15H22Cl2N4O. The first-order chi connectivity index (χ1) is 9.65. The summed E-state index contributed by atoms with van der Waals surface area (Å²) in [5, 5.41) is 2.93.